The van der Waals surface area contributed by atoms with Crippen molar-refractivity contribution in [2.45, 2.75) is 20.0 Å². The quantitative estimate of drug-likeness (QED) is 0.528. The van der Waals surface area contributed by atoms with Crippen LogP contribution in [-0.2, 0) is 0 Å². The Bertz CT molecular complexity index is 1290. The summed E-state index contributed by atoms with van der Waals surface area (Å²) >= 11 is 0. The molecule has 0 bridgehead atoms. The van der Waals surface area contributed by atoms with Crippen LogP contribution in [0.2, 0.25) is 0 Å². The SMILES string of the molecule is COc1cc2ncn(-c3cc(C)c(C(C)O)c(-c4cc[nH]c(=O)c4)n3)c2cc1OC. The molecule has 1 aromatic carbocycles. The molecule has 0 aliphatic heterocycles. The van der Waals surface area contributed by atoms with Gasteiger partial charge in [0.15, 0.2) is 11.5 Å². The van der Waals surface area contributed by atoms with Gasteiger partial charge < -0.3 is 19.6 Å². The van der Waals surface area contributed by atoms with Gasteiger partial charge in [0.05, 0.1) is 37.1 Å². The highest BCUT2D eigenvalue weighted by Crippen LogP contribution is 2.34. The summed E-state index contributed by atoms with van der Waals surface area (Å²) in [6.07, 6.45) is 2.50. The number of ether oxygens (including phenoxy) is 2. The van der Waals surface area contributed by atoms with Crippen LogP contribution < -0.4 is 15.0 Å². The largest absolute Gasteiger partial charge is 0.493 e. The molecule has 8 heteroatoms. The lowest BCUT2D eigenvalue weighted by Gasteiger charge is -2.17. The maximum absolute atomic E-state index is 11.9. The zero-order chi connectivity index (χ0) is 21.4. The van der Waals surface area contributed by atoms with Crippen LogP contribution in [0.1, 0.15) is 24.2 Å². The van der Waals surface area contributed by atoms with Crippen LogP contribution in [-0.4, -0.2) is 38.8 Å². The highest BCUT2D eigenvalue weighted by atomic mass is 16.5. The fourth-order valence-electron chi connectivity index (χ4n) is 3.65. The number of aliphatic hydroxyl groups is 1. The molecule has 2 N–H and O–H groups in total. The van der Waals surface area contributed by atoms with Gasteiger partial charge >= 0.3 is 0 Å². The summed E-state index contributed by atoms with van der Waals surface area (Å²) in [5.41, 5.74) is 3.99. The molecule has 3 aromatic heterocycles. The lowest BCUT2D eigenvalue weighted by molar-refractivity contribution is 0.199. The molecule has 154 valence electrons. The molecular formula is C22H22N4O4. The topological polar surface area (TPSA) is 102 Å². The average molecular weight is 406 g/mol. The zero-order valence-electron chi connectivity index (χ0n) is 17.1. The number of pyridine rings is 2. The van der Waals surface area contributed by atoms with Crippen molar-refractivity contribution in [3.63, 3.8) is 0 Å². The van der Waals surface area contributed by atoms with Gasteiger partial charge in [0.2, 0.25) is 5.56 Å². The second-order valence-corrected chi connectivity index (χ2v) is 6.99. The third-order valence-electron chi connectivity index (χ3n) is 5.02. The van der Waals surface area contributed by atoms with Gasteiger partial charge in [-0.1, -0.05) is 0 Å². The Hall–Kier alpha value is -3.65. The van der Waals surface area contributed by atoms with E-state index in [0.29, 0.717) is 34.1 Å². The number of aryl methyl sites for hydroxylation is 1. The first kappa shape index (κ1) is 19.7. The minimum absolute atomic E-state index is 0.237. The Labute approximate surface area is 172 Å². The summed E-state index contributed by atoms with van der Waals surface area (Å²) in [5.74, 6) is 1.79. The number of aliphatic hydroxyl groups excluding tert-OH is 1. The summed E-state index contributed by atoms with van der Waals surface area (Å²) in [5, 5.41) is 10.4. The molecule has 0 spiro atoms. The van der Waals surface area contributed by atoms with Gasteiger partial charge in [-0.25, -0.2) is 9.97 Å². The van der Waals surface area contributed by atoms with Gasteiger partial charge in [0, 0.05) is 35.5 Å². The molecule has 0 amide bonds. The molecule has 0 radical (unpaired) electrons. The van der Waals surface area contributed by atoms with Crippen molar-refractivity contribution in [1.82, 2.24) is 19.5 Å². The molecule has 0 saturated heterocycles. The van der Waals surface area contributed by atoms with E-state index in [1.807, 2.05) is 23.6 Å². The Morgan fingerprint density at radius 2 is 1.87 bits per heavy atom. The number of rotatable bonds is 5. The Kier molecular flexibility index (Phi) is 5.01. The average Bonchev–Trinajstić information content (AvgIpc) is 3.14. The van der Waals surface area contributed by atoms with Crippen LogP contribution in [0.5, 0.6) is 11.5 Å². The molecule has 0 aliphatic rings. The fraction of sp³-hybridized carbons (Fsp3) is 0.227. The first-order valence-corrected chi connectivity index (χ1v) is 9.41. The van der Waals surface area contributed by atoms with Crippen molar-refractivity contribution in [3.8, 4) is 28.6 Å². The molecule has 8 nitrogen and oxygen atoms in total. The third kappa shape index (κ3) is 3.31. The van der Waals surface area contributed by atoms with E-state index >= 15 is 0 Å². The number of hydrogen-bond acceptors (Lipinski definition) is 6. The van der Waals surface area contributed by atoms with Gasteiger partial charge in [0.25, 0.3) is 0 Å². The smallest absolute Gasteiger partial charge is 0.248 e. The molecule has 0 aliphatic carbocycles. The van der Waals surface area contributed by atoms with Crippen LogP contribution in [0.3, 0.4) is 0 Å². The molecule has 1 unspecified atom stereocenters. The van der Waals surface area contributed by atoms with Crippen molar-refractivity contribution in [1.29, 1.82) is 0 Å². The first-order chi connectivity index (χ1) is 14.4. The van der Waals surface area contributed by atoms with E-state index < -0.39 is 6.10 Å². The standard InChI is InChI=1S/C22H22N4O4/c1-12-7-19(25-22(21(12)13(2)27)14-5-6-23-20(28)8-14)26-11-24-15-9-17(29-3)18(30-4)10-16(15)26/h5-11,13,27H,1-4H3,(H,23,28). The van der Waals surface area contributed by atoms with Gasteiger partial charge in [-0.15, -0.1) is 0 Å². The predicted molar refractivity (Wildman–Crippen MR) is 113 cm³/mol. The molecule has 0 saturated carbocycles. The molecule has 4 rings (SSSR count). The summed E-state index contributed by atoms with van der Waals surface area (Å²) in [6.45, 7) is 3.59. The summed E-state index contributed by atoms with van der Waals surface area (Å²) in [6, 6.07) is 8.76. The molecule has 4 aromatic rings. The minimum atomic E-state index is -0.746. The highest BCUT2D eigenvalue weighted by molar-refractivity contribution is 5.81. The van der Waals surface area contributed by atoms with E-state index in [1.54, 1.807) is 45.8 Å². The second-order valence-electron chi connectivity index (χ2n) is 6.99. The maximum atomic E-state index is 11.9. The number of nitrogens with one attached hydrogen (secondary N) is 1. The Balaban J connectivity index is 1.97. The zero-order valence-corrected chi connectivity index (χ0v) is 17.1. The number of imidazole rings is 1. The fourth-order valence-corrected chi connectivity index (χ4v) is 3.65. The Morgan fingerprint density at radius 3 is 2.53 bits per heavy atom. The number of benzene rings is 1. The molecule has 30 heavy (non-hydrogen) atoms. The van der Waals surface area contributed by atoms with Crippen LogP contribution in [0.25, 0.3) is 28.1 Å². The maximum Gasteiger partial charge on any atom is 0.248 e. The molecule has 1 atom stereocenters. The van der Waals surface area contributed by atoms with Crippen molar-refractivity contribution in [3.05, 3.63) is 64.3 Å². The number of H-pyrrole nitrogens is 1. The van der Waals surface area contributed by atoms with Crippen LogP contribution >= 0.6 is 0 Å². The van der Waals surface area contributed by atoms with E-state index in [4.69, 9.17) is 14.5 Å². The van der Waals surface area contributed by atoms with E-state index in [1.165, 1.54) is 6.07 Å². The number of aromatic nitrogens is 4. The monoisotopic (exact) mass is 406 g/mol. The van der Waals surface area contributed by atoms with E-state index in [0.717, 1.165) is 16.6 Å². The third-order valence-corrected chi connectivity index (χ3v) is 5.02. The number of hydrogen-bond donors (Lipinski definition) is 2. The van der Waals surface area contributed by atoms with Gasteiger partial charge in [0.1, 0.15) is 12.1 Å². The van der Waals surface area contributed by atoms with Gasteiger partial charge in [-0.05, 0) is 31.5 Å². The Morgan fingerprint density at radius 1 is 1.13 bits per heavy atom. The van der Waals surface area contributed by atoms with Crippen LogP contribution in [0.4, 0.5) is 0 Å². The normalized spacial score (nSPS) is 12.2. The predicted octanol–water partition coefficient (Wildman–Crippen LogP) is 3.15. The van der Waals surface area contributed by atoms with E-state index in [2.05, 4.69) is 9.97 Å². The van der Waals surface area contributed by atoms with Crippen molar-refractivity contribution in [2.24, 2.45) is 0 Å². The number of nitrogens with zero attached hydrogens (tertiary/aromatic N) is 3. The van der Waals surface area contributed by atoms with E-state index in [-0.39, 0.29) is 5.56 Å². The number of fused-ring (bicyclic) bond motifs is 1. The highest BCUT2D eigenvalue weighted by Gasteiger charge is 2.19. The van der Waals surface area contributed by atoms with Crippen molar-refractivity contribution in [2.75, 3.05) is 14.2 Å². The summed E-state index contributed by atoms with van der Waals surface area (Å²) in [7, 11) is 3.16. The lowest BCUT2D eigenvalue weighted by atomic mass is 9.98. The summed E-state index contributed by atoms with van der Waals surface area (Å²) in [4.78, 5) is 23.7. The van der Waals surface area contributed by atoms with Crippen molar-refractivity contribution >= 4 is 11.0 Å². The van der Waals surface area contributed by atoms with Crippen molar-refractivity contribution < 1.29 is 14.6 Å². The number of aromatic amines is 1. The van der Waals surface area contributed by atoms with Gasteiger partial charge in [-0.2, -0.15) is 0 Å². The molecule has 0 fully saturated rings. The van der Waals surface area contributed by atoms with E-state index in [9.17, 15) is 9.90 Å². The molecular weight excluding hydrogens is 384 g/mol. The second kappa shape index (κ2) is 7.64. The van der Waals surface area contributed by atoms with Crippen LogP contribution in [0, 0.1) is 6.92 Å². The lowest BCUT2D eigenvalue weighted by Crippen LogP contribution is -2.08. The first-order valence-electron chi connectivity index (χ1n) is 9.41. The minimum Gasteiger partial charge on any atom is -0.493 e. The molecule has 3 heterocycles. The summed E-state index contributed by atoms with van der Waals surface area (Å²) < 4.78 is 12.6. The van der Waals surface area contributed by atoms with Crippen LogP contribution in [0.15, 0.2) is 47.7 Å². The van der Waals surface area contributed by atoms with Gasteiger partial charge in [-0.3, -0.25) is 9.36 Å². The number of methoxy groups -OCH3 is 2.